The number of H-pyrrole nitrogens is 1. The normalized spacial score (nSPS) is 23.6. The lowest BCUT2D eigenvalue weighted by Gasteiger charge is -2.34. The van der Waals surface area contributed by atoms with Gasteiger partial charge in [0.15, 0.2) is 0 Å². The standard InChI is InChI=1S/C13H19N3O2/c1-13(5-2-6-14-8-13)9-16-12(18)10-3-4-11(17)15-7-10/h3-4,7,14H,2,5-6,8-9H2,1H3,(H,15,17)(H,16,18). The lowest BCUT2D eigenvalue weighted by atomic mass is 9.83. The van der Waals surface area contributed by atoms with Crippen LogP contribution in [0.25, 0.3) is 0 Å². The Morgan fingerprint density at radius 2 is 2.33 bits per heavy atom. The highest BCUT2D eigenvalue weighted by atomic mass is 16.1. The first-order chi connectivity index (χ1) is 8.59. The van der Waals surface area contributed by atoms with Crippen molar-refractivity contribution in [2.24, 2.45) is 5.41 Å². The summed E-state index contributed by atoms with van der Waals surface area (Å²) in [6, 6.07) is 2.90. The summed E-state index contributed by atoms with van der Waals surface area (Å²) in [6.45, 7) is 4.81. The SMILES string of the molecule is CC1(CNC(=O)c2ccc(=O)[nH]c2)CCCNC1. The molecular formula is C13H19N3O2. The van der Waals surface area contributed by atoms with Crippen LogP contribution in [0.15, 0.2) is 23.1 Å². The van der Waals surface area contributed by atoms with E-state index in [4.69, 9.17) is 0 Å². The minimum absolute atomic E-state index is 0.121. The van der Waals surface area contributed by atoms with Crippen LogP contribution >= 0.6 is 0 Å². The Morgan fingerprint density at radius 1 is 1.50 bits per heavy atom. The maximum Gasteiger partial charge on any atom is 0.252 e. The van der Waals surface area contributed by atoms with Crippen molar-refractivity contribution >= 4 is 5.91 Å². The average Bonchev–Trinajstić information content (AvgIpc) is 2.38. The van der Waals surface area contributed by atoms with Gasteiger partial charge in [-0.2, -0.15) is 0 Å². The van der Waals surface area contributed by atoms with Crippen molar-refractivity contribution < 1.29 is 4.79 Å². The lowest BCUT2D eigenvalue weighted by Crippen LogP contribution is -2.45. The van der Waals surface area contributed by atoms with Gasteiger partial charge in [-0.25, -0.2) is 0 Å². The maximum atomic E-state index is 11.9. The third-order valence-corrected chi connectivity index (χ3v) is 3.41. The predicted octanol–water partition coefficient (Wildman–Crippen LogP) is 0.494. The quantitative estimate of drug-likeness (QED) is 0.730. The van der Waals surface area contributed by atoms with Gasteiger partial charge >= 0.3 is 0 Å². The smallest absolute Gasteiger partial charge is 0.252 e. The van der Waals surface area contributed by atoms with Crippen LogP contribution < -0.4 is 16.2 Å². The molecule has 1 aromatic rings. The van der Waals surface area contributed by atoms with E-state index in [2.05, 4.69) is 22.5 Å². The molecule has 0 radical (unpaired) electrons. The molecule has 1 aliphatic heterocycles. The molecule has 2 rings (SSSR count). The van der Waals surface area contributed by atoms with Gasteiger partial charge in [0, 0.05) is 25.4 Å². The first kappa shape index (κ1) is 12.8. The van der Waals surface area contributed by atoms with E-state index >= 15 is 0 Å². The number of carbonyl (C=O) groups is 1. The van der Waals surface area contributed by atoms with Gasteiger partial charge in [0.25, 0.3) is 5.91 Å². The molecule has 0 spiro atoms. The van der Waals surface area contributed by atoms with E-state index in [1.165, 1.54) is 18.3 Å². The van der Waals surface area contributed by atoms with Crippen LogP contribution in [0.1, 0.15) is 30.1 Å². The van der Waals surface area contributed by atoms with E-state index in [0.29, 0.717) is 12.1 Å². The van der Waals surface area contributed by atoms with Gasteiger partial charge in [0.1, 0.15) is 0 Å². The van der Waals surface area contributed by atoms with Gasteiger partial charge in [-0.15, -0.1) is 0 Å². The molecule has 0 saturated carbocycles. The summed E-state index contributed by atoms with van der Waals surface area (Å²) in [4.78, 5) is 25.3. The van der Waals surface area contributed by atoms with E-state index in [0.717, 1.165) is 25.9 Å². The molecule has 1 aliphatic rings. The molecule has 1 amide bonds. The number of hydrogen-bond donors (Lipinski definition) is 3. The molecule has 3 N–H and O–H groups in total. The highest BCUT2D eigenvalue weighted by Gasteiger charge is 2.27. The third-order valence-electron chi connectivity index (χ3n) is 3.41. The topological polar surface area (TPSA) is 74.0 Å². The number of nitrogens with one attached hydrogen (secondary N) is 3. The molecule has 0 aliphatic carbocycles. The Morgan fingerprint density at radius 3 is 2.94 bits per heavy atom. The molecule has 1 atom stereocenters. The molecule has 1 fully saturated rings. The number of aromatic amines is 1. The first-order valence-corrected chi connectivity index (χ1v) is 6.27. The van der Waals surface area contributed by atoms with E-state index in [-0.39, 0.29) is 16.9 Å². The molecule has 1 saturated heterocycles. The number of hydrogen-bond acceptors (Lipinski definition) is 3. The number of rotatable bonds is 3. The summed E-state index contributed by atoms with van der Waals surface area (Å²) in [7, 11) is 0. The third kappa shape index (κ3) is 3.20. The summed E-state index contributed by atoms with van der Waals surface area (Å²) in [5, 5.41) is 6.28. The van der Waals surface area contributed by atoms with Crippen LogP contribution in [0.2, 0.25) is 0 Å². The van der Waals surface area contributed by atoms with Crippen molar-refractivity contribution in [3.63, 3.8) is 0 Å². The van der Waals surface area contributed by atoms with E-state index in [1.807, 2.05) is 0 Å². The molecule has 5 heteroatoms. The largest absolute Gasteiger partial charge is 0.351 e. The monoisotopic (exact) mass is 249 g/mol. The maximum absolute atomic E-state index is 11.9. The van der Waals surface area contributed by atoms with Gasteiger partial charge in [-0.1, -0.05) is 6.92 Å². The van der Waals surface area contributed by atoms with Crippen molar-refractivity contribution in [1.82, 2.24) is 15.6 Å². The molecule has 0 bridgehead atoms. The Balaban J connectivity index is 1.91. The van der Waals surface area contributed by atoms with Crippen LogP contribution in [0.4, 0.5) is 0 Å². The van der Waals surface area contributed by atoms with E-state index < -0.39 is 0 Å². The molecule has 1 unspecified atom stereocenters. The molecule has 5 nitrogen and oxygen atoms in total. The molecule has 98 valence electrons. The van der Waals surface area contributed by atoms with Crippen molar-refractivity contribution in [2.45, 2.75) is 19.8 Å². The average molecular weight is 249 g/mol. The van der Waals surface area contributed by atoms with Crippen molar-refractivity contribution in [3.05, 3.63) is 34.2 Å². The van der Waals surface area contributed by atoms with Gasteiger partial charge in [-0.3, -0.25) is 9.59 Å². The van der Waals surface area contributed by atoms with E-state index in [9.17, 15) is 9.59 Å². The fourth-order valence-electron chi connectivity index (χ4n) is 2.22. The highest BCUT2D eigenvalue weighted by molar-refractivity contribution is 5.93. The van der Waals surface area contributed by atoms with E-state index in [1.54, 1.807) is 0 Å². The van der Waals surface area contributed by atoms with Gasteiger partial charge < -0.3 is 15.6 Å². The second kappa shape index (κ2) is 5.35. The van der Waals surface area contributed by atoms with Crippen LogP contribution in [-0.4, -0.2) is 30.5 Å². The van der Waals surface area contributed by atoms with Gasteiger partial charge in [-0.05, 0) is 30.9 Å². The molecule has 18 heavy (non-hydrogen) atoms. The Hall–Kier alpha value is -1.62. The van der Waals surface area contributed by atoms with Crippen molar-refractivity contribution in [3.8, 4) is 0 Å². The predicted molar refractivity (Wildman–Crippen MR) is 69.6 cm³/mol. The second-order valence-electron chi connectivity index (χ2n) is 5.22. The highest BCUT2D eigenvalue weighted by Crippen LogP contribution is 2.24. The van der Waals surface area contributed by atoms with Gasteiger partial charge in [0.05, 0.1) is 5.56 Å². The minimum Gasteiger partial charge on any atom is -0.351 e. The summed E-state index contributed by atoms with van der Waals surface area (Å²) in [6.07, 6.45) is 3.70. The number of aromatic nitrogens is 1. The number of pyridine rings is 1. The zero-order valence-electron chi connectivity index (χ0n) is 10.6. The zero-order valence-corrected chi connectivity index (χ0v) is 10.6. The lowest BCUT2D eigenvalue weighted by molar-refractivity contribution is 0.0924. The zero-order chi connectivity index (χ0) is 13.0. The van der Waals surface area contributed by atoms with Crippen molar-refractivity contribution in [1.29, 1.82) is 0 Å². The Bertz CT molecular complexity index is 455. The first-order valence-electron chi connectivity index (χ1n) is 6.27. The van der Waals surface area contributed by atoms with Crippen LogP contribution in [0.5, 0.6) is 0 Å². The molecular weight excluding hydrogens is 230 g/mol. The molecule has 1 aromatic heterocycles. The van der Waals surface area contributed by atoms with Crippen molar-refractivity contribution in [2.75, 3.05) is 19.6 Å². The fourth-order valence-corrected chi connectivity index (χ4v) is 2.22. The summed E-state index contributed by atoms with van der Waals surface area (Å²) in [5.74, 6) is -0.141. The summed E-state index contributed by atoms with van der Waals surface area (Å²) >= 11 is 0. The summed E-state index contributed by atoms with van der Waals surface area (Å²) in [5.41, 5.74) is 0.410. The molecule has 2 heterocycles. The summed E-state index contributed by atoms with van der Waals surface area (Å²) < 4.78 is 0. The number of carbonyl (C=O) groups excluding carboxylic acids is 1. The van der Waals surface area contributed by atoms with Crippen LogP contribution in [0.3, 0.4) is 0 Å². The van der Waals surface area contributed by atoms with Crippen LogP contribution in [-0.2, 0) is 0 Å². The number of piperidine rings is 1. The Kier molecular flexibility index (Phi) is 3.81. The fraction of sp³-hybridized carbons (Fsp3) is 0.538. The minimum atomic E-state index is -0.199. The van der Waals surface area contributed by atoms with Gasteiger partial charge in [0.2, 0.25) is 5.56 Å². The Labute approximate surface area is 106 Å². The second-order valence-corrected chi connectivity index (χ2v) is 5.22. The molecule has 0 aromatic carbocycles. The number of amides is 1. The van der Waals surface area contributed by atoms with Crippen LogP contribution in [0, 0.1) is 5.41 Å².